The van der Waals surface area contributed by atoms with Gasteiger partial charge in [0.25, 0.3) is 0 Å². The Balaban J connectivity index is 2.27. The van der Waals surface area contributed by atoms with Crippen LogP contribution in [0.2, 0.25) is 0 Å². The monoisotopic (exact) mass is 260 g/mol. The second kappa shape index (κ2) is 5.56. The van der Waals surface area contributed by atoms with Gasteiger partial charge in [-0.3, -0.25) is 9.69 Å². The zero-order chi connectivity index (χ0) is 13.8. The topological polar surface area (TPSA) is 58.6 Å². The minimum Gasteiger partial charge on any atom is -0.469 e. The number of methoxy groups -OCH3 is 1. The van der Waals surface area contributed by atoms with Gasteiger partial charge in [-0.05, 0) is 25.1 Å². The van der Waals surface area contributed by atoms with E-state index >= 15 is 0 Å². The molecule has 0 spiro atoms. The van der Waals surface area contributed by atoms with Crippen LogP contribution < -0.4 is 10.2 Å². The molecule has 0 saturated heterocycles. The Bertz CT molecular complexity index is 508. The number of carbonyl (C=O) groups is 2. The third-order valence-corrected chi connectivity index (χ3v) is 2.99. The number of anilines is 1. The van der Waals surface area contributed by atoms with Crippen LogP contribution in [0.1, 0.15) is 12.0 Å². The van der Waals surface area contributed by atoms with Crippen LogP contribution in [0.4, 0.5) is 10.5 Å². The Hall–Kier alpha value is -2.30. The maximum absolute atomic E-state index is 12.0. The van der Waals surface area contributed by atoms with E-state index in [-0.39, 0.29) is 24.5 Å². The summed E-state index contributed by atoms with van der Waals surface area (Å²) in [6.45, 7) is 1.98. The normalized spacial score (nSPS) is 18.1. The van der Waals surface area contributed by atoms with Gasteiger partial charge in [0.1, 0.15) is 0 Å². The van der Waals surface area contributed by atoms with Gasteiger partial charge in [0.05, 0.1) is 19.6 Å². The molecule has 19 heavy (non-hydrogen) atoms. The number of hydrogen-bond donors (Lipinski definition) is 1. The molecule has 1 aromatic rings. The maximum atomic E-state index is 12.0. The minimum atomic E-state index is -0.346. The van der Waals surface area contributed by atoms with Crippen molar-refractivity contribution in [1.29, 1.82) is 0 Å². The predicted octanol–water partition coefficient (Wildman–Crippen LogP) is 1.97. The molecule has 0 bridgehead atoms. The van der Waals surface area contributed by atoms with Crippen LogP contribution in [0.15, 0.2) is 36.5 Å². The number of nitrogens with one attached hydrogen (secondary N) is 1. The molecular formula is C14H16N2O3. The van der Waals surface area contributed by atoms with E-state index in [9.17, 15) is 9.59 Å². The summed E-state index contributed by atoms with van der Waals surface area (Å²) in [7, 11) is 1.34. The highest BCUT2D eigenvalue weighted by Crippen LogP contribution is 2.22. The third kappa shape index (κ3) is 2.93. The average molecular weight is 260 g/mol. The zero-order valence-electron chi connectivity index (χ0n) is 10.9. The quantitative estimate of drug-likeness (QED) is 0.845. The van der Waals surface area contributed by atoms with E-state index in [1.165, 1.54) is 7.11 Å². The van der Waals surface area contributed by atoms with Gasteiger partial charge in [0.2, 0.25) is 0 Å². The summed E-state index contributed by atoms with van der Waals surface area (Å²) in [5.74, 6) is -0.346. The van der Waals surface area contributed by atoms with E-state index in [0.717, 1.165) is 11.3 Å². The highest BCUT2D eigenvalue weighted by atomic mass is 16.5. The summed E-state index contributed by atoms with van der Waals surface area (Å²) in [4.78, 5) is 24.9. The van der Waals surface area contributed by atoms with Crippen molar-refractivity contribution >= 4 is 17.7 Å². The lowest BCUT2D eigenvalue weighted by atomic mass is 10.1. The summed E-state index contributed by atoms with van der Waals surface area (Å²) in [5.41, 5.74) is 1.86. The van der Waals surface area contributed by atoms with Gasteiger partial charge in [0.15, 0.2) is 0 Å². The minimum absolute atomic E-state index is 0.133. The number of nitrogens with zero attached hydrogens (tertiary/aromatic N) is 1. The van der Waals surface area contributed by atoms with E-state index in [4.69, 9.17) is 0 Å². The molecule has 0 fully saturated rings. The van der Waals surface area contributed by atoms with Crippen LogP contribution in [0.3, 0.4) is 0 Å². The van der Waals surface area contributed by atoms with Crippen LogP contribution in [-0.2, 0) is 9.53 Å². The summed E-state index contributed by atoms with van der Waals surface area (Å²) in [6, 6.07) is 6.99. The van der Waals surface area contributed by atoms with Gasteiger partial charge in [-0.1, -0.05) is 17.7 Å². The summed E-state index contributed by atoms with van der Waals surface area (Å²) in [5, 5.41) is 2.62. The fourth-order valence-corrected chi connectivity index (χ4v) is 1.96. The Labute approximate surface area is 111 Å². The lowest BCUT2D eigenvalue weighted by Gasteiger charge is -2.31. The lowest BCUT2D eigenvalue weighted by Crippen LogP contribution is -2.48. The van der Waals surface area contributed by atoms with Crippen molar-refractivity contribution in [3.8, 4) is 0 Å². The van der Waals surface area contributed by atoms with Crippen LogP contribution in [0, 0.1) is 6.92 Å². The summed E-state index contributed by atoms with van der Waals surface area (Å²) < 4.78 is 4.66. The number of aryl methyl sites for hydroxylation is 1. The fraction of sp³-hybridized carbons (Fsp3) is 0.286. The molecule has 1 atom stereocenters. The van der Waals surface area contributed by atoms with Gasteiger partial charge in [-0.15, -0.1) is 0 Å². The lowest BCUT2D eigenvalue weighted by molar-refractivity contribution is -0.140. The summed E-state index contributed by atoms with van der Waals surface area (Å²) in [6.07, 6.45) is 3.47. The molecule has 0 aromatic heterocycles. The Morgan fingerprint density at radius 3 is 2.68 bits per heavy atom. The second-order valence-corrected chi connectivity index (χ2v) is 4.36. The van der Waals surface area contributed by atoms with Gasteiger partial charge < -0.3 is 10.1 Å². The van der Waals surface area contributed by atoms with E-state index in [1.54, 1.807) is 17.2 Å². The van der Waals surface area contributed by atoms with Crippen LogP contribution in [-0.4, -0.2) is 25.2 Å². The molecule has 1 aliphatic rings. The predicted molar refractivity (Wildman–Crippen MR) is 71.8 cm³/mol. The van der Waals surface area contributed by atoms with Crippen molar-refractivity contribution in [2.75, 3.05) is 12.0 Å². The number of rotatable bonds is 3. The molecule has 5 nitrogen and oxygen atoms in total. The number of amides is 2. The van der Waals surface area contributed by atoms with Crippen molar-refractivity contribution in [2.24, 2.45) is 0 Å². The fourth-order valence-electron chi connectivity index (χ4n) is 1.96. The van der Waals surface area contributed by atoms with Gasteiger partial charge in [-0.25, -0.2) is 4.79 Å². The van der Waals surface area contributed by atoms with E-state index in [0.29, 0.717) is 0 Å². The SMILES string of the molecule is COC(=O)CC1C=CNC(=O)N1c1ccc(C)cc1. The molecule has 1 unspecified atom stereocenters. The molecule has 1 aromatic carbocycles. The molecule has 2 rings (SSSR count). The number of benzene rings is 1. The van der Waals surface area contributed by atoms with Crippen LogP contribution in [0.5, 0.6) is 0 Å². The molecule has 2 amide bonds. The van der Waals surface area contributed by atoms with Crippen molar-refractivity contribution in [3.63, 3.8) is 0 Å². The molecule has 1 heterocycles. The highest BCUT2D eigenvalue weighted by molar-refractivity contribution is 5.95. The molecule has 1 aliphatic heterocycles. The van der Waals surface area contributed by atoms with Gasteiger partial charge in [0, 0.05) is 11.9 Å². The van der Waals surface area contributed by atoms with Crippen molar-refractivity contribution in [3.05, 3.63) is 42.1 Å². The first kappa shape index (κ1) is 13.1. The second-order valence-electron chi connectivity index (χ2n) is 4.36. The molecule has 100 valence electrons. The Kier molecular flexibility index (Phi) is 3.85. The van der Waals surface area contributed by atoms with Gasteiger partial charge >= 0.3 is 12.0 Å². The number of ether oxygens (including phenoxy) is 1. The largest absolute Gasteiger partial charge is 0.469 e. The first-order valence-corrected chi connectivity index (χ1v) is 6.01. The molecule has 1 N–H and O–H groups in total. The standard InChI is InChI=1S/C14H16N2O3/c1-10-3-5-11(6-4-10)16-12(9-13(17)19-2)7-8-15-14(16)18/h3-8,12H,9H2,1-2H3,(H,15,18). The number of carbonyl (C=O) groups excluding carboxylic acids is 2. The third-order valence-electron chi connectivity index (χ3n) is 2.99. The molecular weight excluding hydrogens is 244 g/mol. The highest BCUT2D eigenvalue weighted by Gasteiger charge is 2.28. The first-order chi connectivity index (χ1) is 9.11. The first-order valence-electron chi connectivity index (χ1n) is 6.01. The average Bonchev–Trinajstić information content (AvgIpc) is 2.40. The Morgan fingerprint density at radius 1 is 1.37 bits per heavy atom. The molecule has 0 saturated carbocycles. The molecule has 0 aliphatic carbocycles. The summed E-state index contributed by atoms with van der Waals surface area (Å²) >= 11 is 0. The van der Waals surface area contributed by atoms with Gasteiger partial charge in [-0.2, -0.15) is 0 Å². The van der Waals surface area contributed by atoms with Crippen molar-refractivity contribution < 1.29 is 14.3 Å². The van der Waals surface area contributed by atoms with Crippen molar-refractivity contribution in [1.82, 2.24) is 5.32 Å². The Morgan fingerprint density at radius 2 is 2.05 bits per heavy atom. The van der Waals surface area contributed by atoms with E-state index < -0.39 is 0 Å². The molecule has 5 heteroatoms. The van der Waals surface area contributed by atoms with Crippen LogP contribution in [0.25, 0.3) is 0 Å². The van der Waals surface area contributed by atoms with E-state index in [1.807, 2.05) is 31.2 Å². The number of urea groups is 1. The van der Waals surface area contributed by atoms with E-state index in [2.05, 4.69) is 10.1 Å². The molecule has 0 radical (unpaired) electrons. The number of esters is 1. The maximum Gasteiger partial charge on any atom is 0.326 e. The van der Waals surface area contributed by atoms with Crippen molar-refractivity contribution in [2.45, 2.75) is 19.4 Å². The smallest absolute Gasteiger partial charge is 0.326 e. The zero-order valence-corrected chi connectivity index (χ0v) is 10.9. The number of hydrogen-bond acceptors (Lipinski definition) is 3. The van der Waals surface area contributed by atoms with Crippen LogP contribution >= 0.6 is 0 Å².